The number of H-pyrrole nitrogens is 1. The molecule has 142 valence electrons. The van der Waals surface area contributed by atoms with Gasteiger partial charge in [0.05, 0.1) is 6.54 Å². The molecular weight excluding hydrogens is 459 g/mol. The summed E-state index contributed by atoms with van der Waals surface area (Å²) in [5, 5.41) is 11.0. The molecular formula is C18H27IN6S. The zero-order chi connectivity index (χ0) is 17.5. The number of guanidine groups is 1. The Morgan fingerprint density at radius 1 is 1.42 bits per heavy atom. The van der Waals surface area contributed by atoms with Gasteiger partial charge in [-0.1, -0.05) is 25.1 Å². The molecule has 1 saturated heterocycles. The average molecular weight is 486 g/mol. The Morgan fingerprint density at radius 2 is 2.31 bits per heavy atom. The van der Waals surface area contributed by atoms with E-state index in [0.717, 1.165) is 37.0 Å². The molecule has 1 aromatic carbocycles. The standard InChI is InChI=1S/C18H26N6S.HI/c1-3-16-12-24(8-9-25-16)18(19-4-2)20-11-14-6-5-7-15(10-14)17-21-13-22-23-17;/h5-7,10,13,16H,3-4,8-9,11-12H2,1-2H3,(H,19,20)(H,21,22,23);1H. The van der Waals surface area contributed by atoms with Crippen molar-refractivity contribution in [2.45, 2.75) is 32.1 Å². The van der Waals surface area contributed by atoms with Crippen LogP contribution in [0.2, 0.25) is 0 Å². The van der Waals surface area contributed by atoms with Gasteiger partial charge in [0.15, 0.2) is 11.8 Å². The molecule has 1 aliphatic rings. The molecule has 0 bridgehead atoms. The van der Waals surface area contributed by atoms with Gasteiger partial charge in [-0.2, -0.15) is 16.9 Å². The molecule has 1 unspecified atom stereocenters. The van der Waals surface area contributed by atoms with E-state index < -0.39 is 0 Å². The molecule has 2 heterocycles. The number of benzene rings is 1. The van der Waals surface area contributed by atoms with E-state index in [9.17, 15) is 0 Å². The van der Waals surface area contributed by atoms with Crippen molar-refractivity contribution in [1.82, 2.24) is 25.4 Å². The molecule has 8 heteroatoms. The van der Waals surface area contributed by atoms with E-state index in [4.69, 9.17) is 4.99 Å². The van der Waals surface area contributed by atoms with E-state index in [2.05, 4.69) is 63.1 Å². The van der Waals surface area contributed by atoms with Gasteiger partial charge < -0.3 is 10.2 Å². The highest BCUT2D eigenvalue weighted by molar-refractivity contribution is 14.0. The third-order valence-electron chi connectivity index (χ3n) is 4.26. The van der Waals surface area contributed by atoms with Crippen LogP contribution in [0.3, 0.4) is 0 Å². The molecule has 0 amide bonds. The van der Waals surface area contributed by atoms with Crippen molar-refractivity contribution in [2.75, 3.05) is 25.4 Å². The fraction of sp³-hybridized carbons (Fsp3) is 0.500. The Kier molecular flexibility index (Phi) is 8.70. The second kappa shape index (κ2) is 10.8. The van der Waals surface area contributed by atoms with Crippen LogP contribution in [0.15, 0.2) is 35.6 Å². The van der Waals surface area contributed by atoms with E-state index in [1.165, 1.54) is 24.1 Å². The van der Waals surface area contributed by atoms with Crippen molar-refractivity contribution in [1.29, 1.82) is 0 Å². The lowest BCUT2D eigenvalue weighted by Crippen LogP contribution is -2.48. The number of nitrogens with one attached hydrogen (secondary N) is 2. The lowest BCUT2D eigenvalue weighted by molar-refractivity contribution is 0.408. The number of halogens is 1. The van der Waals surface area contributed by atoms with Gasteiger partial charge in [0, 0.05) is 36.2 Å². The minimum Gasteiger partial charge on any atom is -0.357 e. The van der Waals surface area contributed by atoms with Crippen molar-refractivity contribution >= 4 is 41.7 Å². The van der Waals surface area contributed by atoms with E-state index >= 15 is 0 Å². The van der Waals surface area contributed by atoms with Gasteiger partial charge in [-0.05, 0) is 25.0 Å². The van der Waals surface area contributed by atoms with Crippen LogP contribution in [-0.4, -0.2) is 56.7 Å². The average Bonchev–Trinajstić information content (AvgIpc) is 3.20. The summed E-state index contributed by atoms with van der Waals surface area (Å²) in [5.74, 6) is 2.98. The predicted octanol–water partition coefficient (Wildman–Crippen LogP) is 3.38. The molecule has 0 spiro atoms. The number of nitrogens with zero attached hydrogens (tertiary/aromatic N) is 4. The molecule has 1 aliphatic heterocycles. The monoisotopic (exact) mass is 486 g/mol. The molecule has 2 aromatic rings. The number of rotatable bonds is 5. The number of thioether (sulfide) groups is 1. The Bertz CT molecular complexity index is 691. The van der Waals surface area contributed by atoms with E-state index in [-0.39, 0.29) is 24.0 Å². The lowest BCUT2D eigenvalue weighted by atomic mass is 10.1. The first-order valence-electron chi connectivity index (χ1n) is 8.89. The molecule has 1 aromatic heterocycles. The normalized spacial score (nSPS) is 17.7. The predicted molar refractivity (Wildman–Crippen MR) is 120 cm³/mol. The highest BCUT2D eigenvalue weighted by atomic mass is 127. The number of aliphatic imine (C=N–C) groups is 1. The minimum atomic E-state index is 0. The van der Waals surface area contributed by atoms with Crippen LogP contribution in [0.1, 0.15) is 25.8 Å². The summed E-state index contributed by atoms with van der Waals surface area (Å²) >= 11 is 2.08. The Balaban J connectivity index is 0.00000243. The number of hydrogen-bond donors (Lipinski definition) is 2. The van der Waals surface area contributed by atoms with Gasteiger partial charge in [0.2, 0.25) is 0 Å². The van der Waals surface area contributed by atoms with Crippen LogP contribution in [0.5, 0.6) is 0 Å². The maximum absolute atomic E-state index is 4.87. The summed E-state index contributed by atoms with van der Waals surface area (Å²) in [6.07, 6.45) is 2.74. The molecule has 6 nitrogen and oxygen atoms in total. The molecule has 26 heavy (non-hydrogen) atoms. The zero-order valence-corrected chi connectivity index (χ0v) is 18.5. The third-order valence-corrected chi connectivity index (χ3v) is 5.63. The maximum Gasteiger partial charge on any atom is 0.194 e. The molecule has 1 fully saturated rings. The first-order chi connectivity index (χ1) is 12.3. The first-order valence-corrected chi connectivity index (χ1v) is 9.94. The fourth-order valence-corrected chi connectivity index (χ4v) is 4.09. The van der Waals surface area contributed by atoms with Gasteiger partial charge in [0.1, 0.15) is 6.33 Å². The van der Waals surface area contributed by atoms with E-state index in [0.29, 0.717) is 11.8 Å². The van der Waals surface area contributed by atoms with Crippen LogP contribution in [0.4, 0.5) is 0 Å². The SMILES string of the molecule is CCNC(=NCc1cccc(-c2ncn[nH]2)c1)N1CCSC(CC)C1.I. The van der Waals surface area contributed by atoms with Crippen LogP contribution >= 0.6 is 35.7 Å². The third kappa shape index (κ3) is 5.60. The van der Waals surface area contributed by atoms with Crippen molar-refractivity contribution in [3.05, 3.63) is 36.2 Å². The second-order valence-corrected chi connectivity index (χ2v) is 7.46. The summed E-state index contributed by atoms with van der Waals surface area (Å²) in [6, 6.07) is 8.30. The Morgan fingerprint density at radius 3 is 3.04 bits per heavy atom. The fourth-order valence-electron chi connectivity index (χ4n) is 2.91. The van der Waals surface area contributed by atoms with Crippen LogP contribution in [-0.2, 0) is 6.54 Å². The molecule has 0 aliphatic carbocycles. The summed E-state index contributed by atoms with van der Waals surface area (Å²) < 4.78 is 0. The van der Waals surface area contributed by atoms with Gasteiger partial charge in [-0.25, -0.2) is 9.98 Å². The molecule has 3 rings (SSSR count). The van der Waals surface area contributed by atoms with Gasteiger partial charge in [-0.15, -0.1) is 24.0 Å². The summed E-state index contributed by atoms with van der Waals surface area (Å²) in [5.41, 5.74) is 2.21. The topological polar surface area (TPSA) is 69.2 Å². The molecule has 1 atom stereocenters. The van der Waals surface area contributed by atoms with Gasteiger partial charge >= 0.3 is 0 Å². The largest absolute Gasteiger partial charge is 0.357 e. The van der Waals surface area contributed by atoms with Crippen LogP contribution in [0.25, 0.3) is 11.4 Å². The lowest BCUT2D eigenvalue weighted by Gasteiger charge is -2.34. The summed E-state index contributed by atoms with van der Waals surface area (Å²) in [4.78, 5) is 11.5. The molecule has 2 N–H and O–H groups in total. The highest BCUT2D eigenvalue weighted by Crippen LogP contribution is 2.21. The minimum absolute atomic E-state index is 0. The zero-order valence-electron chi connectivity index (χ0n) is 15.3. The highest BCUT2D eigenvalue weighted by Gasteiger charge is 2.21. The molecule has 0 radical (unpaired) electrons. The quantitative estimate of drug-likeness (QED) is 0.385. The number of aromatic amines is 1. The Labute approximate surface area is 176 Å². The van der Waals surface area contributed by atoms with E-state index in [1.54, 1.807) is 0 Å². The van der Waals surface area contributed by atoms with Crippen LogP contribution < -0.4 is 5.32 Å². The van der Waals surface area contributed by atoms with Crippen molar-refractivity contribution in [3.8, 4) is 11.4 Å². The first kappa shape index (κ1) is 21.0. The van der Waals surface area contributed by atoms with Crippen molar-refractivity contribution in [2.24, 2.45) is 4.99 Å². The smallest absolute Gasteiger partial charge is 0.194 e. The molecule has 0 saturated carbocycles. The van der Waals surface area contributed by atoms with Gasteiger partial charge in [0.25, 0.3) is 0 Å². The number of hydrogen-bond acceptors (Lipinski definition) is 4. The second-order valence-electron chi connectivity index (χ2n) is 6.05. The van der Waals surface area contributed by atoms with Crippen molar-refractivity contribution in [3.63, 3.8) is 0 Å². The van der Waals surface area contributed by atoms with Crippen molar-refractivity contribution < 1.29 is 0 Å². The summed E-state index contributed by atoms with van der Waals surface area (Å²) in [7, 11) is 0. The van der Waals surface area contributed by atoms with Gasteiger partial charge in [-0.3, -0.25) is 5.10 Å². The number of aromatic nitrogens is 3. The Hall–Kier alpha value is -1.29. The van der Waals surface area contributed by atoms with Crippen LogP contribution in [0, 0.1) is 0 Å². The maximum atomic E-state index is 4.87. The van der Waals surface area contributed by atoms with E-state index in [1.807, 2.05) is 12.1 Å². The summed E-state index contributed by atoms with van der Waals surface area (Å²) in [6.45, 7) is 8.06.